The lowest BCUT2D eigenvalue weighted by atomic mass is 10.0. The number of rotatable bonds is 3. The molecule has 1 unspecified atom stereocenters. The van der Waals surface area contributed by atoms with Crippen LogP contribution in [0.15, 0.2) is 42.9 Å². The summed E-state index contributed by atoms with van der Waals surface area (Å²) < 4.78 is 41.4. The van der Waals surface area contributed by atoms with Gasteiger partial charge in [-0.3, -0.25) is 4.98 Å². The van der Waals surface area contributed by atoms with Gasteiger partial charge in [-0.2, -0.15) is 0 Å². The van der Waals surface area contributed by atoms with Crippen molar-refractivity contribution in [2.75, 3.05) is 13.1 Å². The van der Waals surface area contributed by atoms with Gasteiger partial charge in [0, 0.05) is 30.1 Å². The van der Waals surface area contributed by atoms with Crippen molar-refractivity contribution in [1.29, 1.82) is 0 Å². The molecule has 0 N–H and O–H groups in total. The second kappa shape index (κ2) is 9.13. The van der Waals surface area contributed by atoms with Gasteiger partial charge in [0.05, 0.1) is 17.0 Å². The van der Waals surface area contributed by atoms with Crippen LogP contribution < -0.4 is 4.74 Å². The van der Waals surface area contributed by atoms with Crippen LogP contribution in [0.5, 0.6) is 5.88 Å². The minimum absolute atomic E-state index is 0.0107. The van der Waals surface area contributed by atoms with Crippen LogP contribution in [0.25, 0.3) is 32.9 Å². The third kappa shape index (κ3) is 4.51. The highest BCUT2D eigenvalue weighted by molar-refractivity contribution is 6.36. The summed E-state index contributed by atoms with van der Waals surface area (Å²) in [5, 5.41) is 1.20. The molecular formula is C26H23ClF2N4O3. The van der Waals surface area contributed by atoms with Crippen LogP contribution in [0.3, 0.4) is 0 Å². The zero-order valence-corrected chi connectivity index (χ0v) is 20.6. The van der Waals surface area contributed by atoms with Crippen molar-refractivity contribution in [2.24, 2.45) is 0 Å². The highest BCUT2D eigenvalue weighted by atomic mass is 35.5. The molecule has 0 radical (unpaired) electrons. The lowest BCUT2D eigenvalue weighted by Crippen LogP contribution is -2.36. The molecule has 10 heteroatoms. The molecule has 1 fully saturated rings. The van der Waals surface area contributed by atoms with Gasteiger partial charge >= 0.3 is 6.09 Å². The Bertz CT molecular complexity index is 1490. The lowest BCUT2D eigenvalue weighted by Gasteiger charge is -2.24. The van der Waals surface area contributed by atoms with Crippen LogP contribution in [-0.2, 0) is 4.74 Å². The van der Waals surface area contributed by atoms with Gasteiger partial charge in [-0.25, -0.2) is 23.5 Å². The topological polar surface area (TPSA) is 77.4 Å². The molecule has 0 spiro atoms. The molecule has 0 bridgehead atoms. The number of benzene rings is 2. The quantitative estimate of drug-likeness (QED) is 0.327. The molecule has 4 aromatic rings. The van der Waals surface area contributed by atoms with E-state index in [1.165, 1.54) is 18.6 Å². The smallest absolute Gasteiger partial charge is 0.410 e. The fraction of sp³-hybridized carbons (Fsp3) is 0.308. The van der Waals surface area contributed by atoms with Gasteiger partial charge in [-0.05, 0) is 32.2 Å². The number of fused-ring (bicyclic) bond motifs is 2. The van der Waals surface area contributed by atoms with Gasteiger partial charge in [0.25, 0.3) is 0 Å². The first kappa shape index (κ1) is 24.1. The molecule has 0 aliphatic carbocycles. The number of nitrogens with zero attached hydrogens (tertiary/aromatic N) is 4. The minimum atomic E-state index is -0.700. The van der Waals surface area contributed by atoms with Crippen LogP contribution in [0.4, 0.5) is 13.6 Å². The van der Waals surface area contributed by atoms with Crippen molar-refractivity contribution in [3.63, 3.8) is 0 Å². The number of carbonyl (C=O) groups excluding carboxylic acids is 1. The van der Waals surface area contributed by atoms with Gasteiger partial charge in [-0.1, -0.05) is 35.9 Å². The number of carbonyl (C=O) groups is 1. The molecule has 2 aromatic carbocycles. The van der Waals surface area contributed by atoms with Crippen molar-refractivity contribution < 1.29 is 23.0 Å². The Morgan fingerprint density at radius 2 is 1.94 bits per heavy atom. The number of aromatic nitrogens is 3. The summed E-state index contributed by atoms with van der Waals surface area (Å²) in [5.74, 6) is -1.14. The Kier molecular flexibility index (Phi) is 6.12. The summed E-state index contributed by atoms with van der Waals surface area (Å²) in [6, 6.07) is 7.96. The van der Waals surface area contributed by atoms with Crippen molar-refractivity contribution >= 4 is 39.4 Å². The standard InChI is InChI=1S/C26H23ClF2N4O3/c1-26(2,3)36-25(34)33-10-9-15(12-33)35-24-17-11-30-22(21(29)23(17)31-13-32-24)16-6-4-5-14-7-8-18(28)20(27)19(14)16/h4-8,11,13,15H,9-10,12H2,1-3H3. The zero-order valence-electron chi connectivity index (χ0n) is 19.9. The van der Waals surface area contributed by atoms with E-state index in [0.29, 0.717) is 35.8 Å². The van der Waals surface area contributed by atoms with E-state index in [-0.39, 0.29) is 33.6 Å². The summed E-state index contributed by atoms with van der Waals surface area (Å²) in [5.41, 5.74) is -0.250. The molecule has 36 heavy (non-hydrogen) atoms. The van der Waals surface area contributed by atoms with Crippen LogP contribution in [0.1, 0.15) is 27.2 Å². The maximum Gasteiger partial charge on any atom is 0.410 e. The summed E-state index contributed by atoms with van der Waals surface area (Å²) in [4.78, 5) is 26.5. The average Bonchev–Trinajstić information content (AvgIpc) is 3.30. The molecule has 1 amide bonds. The summed E-state index contributed by atoms with van der Waals surface area (Å²) in [6.45, 7) is 6.20. The third-order valence-corrected chi connectivity index (χ3v) is 6.22. The van der Waals surface area contributed by atoms with Crippen molar-refractivity contribution in [1.82, 2.24) is 19.9 Å². The van der Waals surface area contributed by atoms with E-state index >= 15 is 4.39 Å². The van der Waals surface area contributed by atoms with E-state index in [1.807, 2.05) is 0 Å². The van der Waals surface area contributed by atoms with Gasteiger partial charge in [-0.15, -0.1) is 0 Å². The Morgan fingerprint density at radius 3 is 2.72 bits per heavy atom. The molecule has 2 aromatic heterocycles. The molecular weight excluding hydrogens is 490 g/mol. The van der Waals surface area contributed by atoms with E-state index in [9.17, 15) is 9.18 Å². The van der Waals surface area contributed by atoms with Crippen LogP contribution in [0, 0.1) is 11.6 Å². The predicted octanol–water partition coefficient (Wildman–Crippen LogP) is 6.16. The number of ether oxygens (including phenoxy) is 2. The molecule has 0 saturated carbocycles. The fourth-order valence-electron chi connectivity index (χ4n) is 4.23. The predicted molar refractivity (Wildman–Crippen MR) is 132 cm³/mol. The zero-order chi connectivity index (χ0) is 25.6. The molecule has 1 aliphatic rings. The van der Waals surface area contributed by atoms with Crippen LogP contribution in [0.2, 0.25) is 5.02 Å². The summed E-state index contributed by atoms with van der Waals surface area (Å²) >= 11 is 6.23. The first-order valence-electron chi connectivity index (χ1n) is 11.4. The van der Waals surface area contributed by atoms with Crippen LogP contribution in [-0.4, -0.2) is 50.7 Å². The van der Waals surface area contributed by atoms with Gasteiger partial charge in [0.1, 0.15) is 35.1 Å². The summed E-state index contributed by atoms with van der Waals surface area (Å²) in [6.07, 6.45) is 2.44. The maximum absolute atomic E-state index is 15.7. The van der Waals surface area contributed by atoms with E-state index in [1.54, 1.807) is 49.9 Å². The molecule has 3 heterocycles. The first-order chi connectivity index (χ1) is 17.1. The Hall–Kier alpha value is -3.59. The highest BCUT2D eigenvalue weighted by Crippen LogP contribution is 2.37. The van der Waals surface area contributed by atoms with Crippen molar-refractivity contribution in [3.05, 3.63) is 59.5 Å². The van der Waals surface area contributed by atoms with E-state index in [4.69, 9.17) is 21.1 Å². The van der Waals surface area contributed by atoms with Crippen molar-refractivity contribution in [3.8, 4) is 17.1 Å². The summed E-state index contributed by atoms with van der Waals surface area (Å²) in [7, 11) is 0. The second-order valence-corrected chi connectivity index (χ2v) is 9.96. The molecule has 7 nitrogen and oxygen atoms in total. The van der Waals surface area contributed by atoms with Crippen molar-refractivity contribution in [2.45, 2.75) is 38.9 Å². The Balaban J connectivity index is 1.46. The molecule has 5 rings (SSSR count). The average molecular weight is 513 g/mol. The van der Waals surface area contributed by atoms with E-state index < -0.39 is 23.3 Å². The SMILES string of the molecule is CC(C)(C)OC(=O)N1CCC(Oc2ncnc3c(F)c(-c4cccc5ccc(F)c(Cl)c45)ncc23)C1. The van der Waals surface area contributed by atoms with Crippen LogP contribution >= 0.6 is 11.6 Å². The van der Waals surface area contributed by atoms with Gasteiger partial charge in [0.15, 0.2) is 5.82 Å². The minimum Gasteiger partial charge on any atom is -0.472 e. The Morgan fingerprint density at radius 1 is 1.14 bits per heavy atom. The third-order valence-electron chi connectivity index (χ3n) is 5.85. The first-order valence-corrected chi connectivity index (χ1v) is 11.8. The number of pyridine rings is 1. The number of hydrogen-bond donors (Lipinski definition) is 0. The van der Waals surface area contributed by atoms with E-state index in [2.05, 4.69) is 15.0 Å². The fourth-order valence-corrected chi connectivity index (χ4v) is 4.51. The molecule has 186 valence electrons. The molecule has 1 saturated heterocycles. The largest absolute Gasteiger partial charge is 0.472 e. The van der Waals surface area contributed by atoms with Gasteiger partial charge in [0.2, 0.25) is 5.88 Å². The van der Waals surface area contributed by atoms with Gasteiger partial charge < -0.3 is 14.4 Å². The normalized spacial score (nSPS) is 16.1. The maximum atomic E-state index is 15.7. The number of halogens is 3. The number of hydrogen-bond acceptors (Lipinski definition) is 6. The highest BCUT2D eigenvalue weighted by Gasteiger charge is 2.31. The molecule has 1 atom stereocenters. The number of amides is 1. The monoisotopic (exact) mass is 512 g/mol. The number of likely N-dealkylation sites (tertiary alicyclic amines) is 1. The Labute approximate surface area is 211 Å². The van der Waals surface area contributed by atoms with E-state index in [0.717, 1.165) is 0 Å². The lowest BCUT2D eigenvalue weighted by molar-refractivity contribution is 0.0275. The molecule has 1 aliphatic heterocycles. The second-order valence-electron chi connectivity index (χ2n) is 9.58.